The summed E-state index contributed by atoms with van der Waals surface area (Å²) in [7, 11) is 1.60. The molecule has 2 aromatic rings. The monoisotopic (exact) mass is 285 g/mol. The average Bonchev–Trinajstić information content (AvgIpc) is 2.43. The second-order valence-corrected chi connectivity index (χ2v) is 5.65. The topological polar surface area (TPSA) is 42.4 Å². The number of aryl methyl sites for hydroxylation is 3. The van der Waals surface area contributed by atoms with Gasteiger partial charge in [-0.1, -0.05) is 23.8 Å². The van der Waals surface area contributed by atoms with E-state index in [4.69, 9.17) is 4.74 Å². The van der Waals surface area contributed by atoms with Gasteiger partial charge in [-0.05, 0) is 49.4 Å². The number of benzene rings is 1. The molecule has 3 nitrogen and oxygen atoms in total. The molecule has 0 spiro atoms. The third kappa shape index (κ3) is 4.05. The minimum absolute atomic E-state index is 0.402. The van der Waals surface area contributed by atoms with Gasteiger partial charge in [-0.15, -0.1) is 0 Å². The first-order valence-corrected chi connectivity index (χ1v) is 7.23. The van der Waals surface area contributed by atoms with Crippen LogP contribution < -0.4 is 4.74 Å². The van der Waals surface area contributed by atoms with Crippen molar-refractivity contribution in [2.24, 2.45) is 0 Å². The van der Waals surface area contributed by atoms with Crippen molar-refractivity contribution in [3.05, 3.63) is 58.3 Å². The van der Waals surface area contributed by atoms with E-state index >= 15 is 0 Å². The van der Waals surface area contributed by atoms with E-state index in [-0.39, 0.29) is 0 Å². The number of aliphatic hydroxyl groups excluding tert-OH is 1. The molecular formula is C18H23NO2. The van der Waals surface area contributed by atoms with E-state index in [0.29, 0.717) is 18.7 Å². The second kappa shape index (κ2) is 6.72. The maximum atomic E-state index is 10.3. The summed E-state index contributed by atoms with van der Waals surface area (Å²) < 4.78 is 5.04. The summed E-state index contributed by atoms with van der Waals surface area (Å²) in [4.78, 5) is 4.17. The molecule has 0 bridgehead atoms. The number of methoxy groups -OCH3 is 1. The summed E-state index contributed by atoms with van der Waals surface area (Å²) in [5, 5.41) is 10.3. The Balaban J connectivity index is 2.06. The van der Waals surface area contributed by atoms with Gasteiger partial charge < -0.3 is 9.84 Å². The highest BCUT2D eigenvalue weighted by Crippen LogP contribution is 2.19. The number of pyridine rings is 1. The molecule has 1 atom stereocenters. The van der Waals surface area contributed by atoms with Gasteiger partial charge in [0, 0.05) is 18.7 Å². The lowest BCUT2D eigenvalue weighted by Crippen LogP contribution is -2.15. The minimum atomic E-state index is -0.402. The third-order valence-corrected chi connectivity index (χ3v) is 3.76. The molecule has 0 fully saturated rings. The molecule has 0 saturated carbocycles. The van der Waals surface area contributed by atoms with E-state index in [9.17, 15) is 5.11 Å². The Morgan fingerprint density at radius 3 is 2.29 bits per heavy atom. The van der Waals surface area contributed by atoms with Crippen LogP contribution in [0.15, 0.2) is 30.5 Å². The maximum Gasteiger partial charge on any atom is 0.212 e. The molecule has 1 unspecified atom stereocenters. The number of hydrogen-bond donors (Lipinski definition) is 1. The van der Waals surface area contributed by atoms with Gasteiger partial charge in [0.2, 0.25) is 5.88 Å². The Morgan fingerprint density at radius 2 is 1.76 bits per heavy atom. The van der Waals surface area contributed by atoms with Crippen LogP contribution in [0.1, 0.15) is 27.8 Å². The summed E-state index contributed by atoms with van der Waals surface area (Å²) >= 11 is 0. The Labute approximate surface area is 126 Å². The van der Waals surface area contributed by atoms with Gasteiger partial charge in [0.25, 0.3) is 0 Å². The van der Waals surface area contributed by atoms with Crippen molar-refractivity contribution < 1.29 is 9.84 Å². The maximum absolute atomic E-state index is 10.3. The van der Waals surface area contributed by atoms with Gasteiger partial charge in [0.15, 0.2) is 0 Å². The first kappa shape index (κ1) is 15.5. The number of aliphatic hydroxyl groups is 1. The highest BCUT2D eigenvalue weighted by atomic mass is 16.5. The summed E-state index contributed by atoms with van der Waals surface area (Å²) in [6.45, 7) is 6.32. The normalized spacial score (nSPS) is 12.2. The van der Waals surface area contributed by atoms with E-state index in [1.165, 1.54) is 22.3 Å². The lowest BCUT2D eigenvalue weighted by Gasteiger charge is -2.16. The number of nitrogens with zero attached hydrogens (tertiary/aromatic N) is 1. The fourth-order valence-corrected chi connectivity index (χ4v) is 2.76. The largest absolute Gasteiger partial charge is 0.481 e. The standard InChI is InChI=1S/C18H23NO2/c1-12-7-13(2)17(14(3)8-12)10-16(20)9-15-5-6-18(21-4)19-11-15/h5-8,11,16,20H,9-10H2,1-4H3. The first-order valence-electron chi connectivity index (χ1n) is 7.23. The second-order valence-electron chi connectivity index (χ2n) is 5.65. The molecule has 0 radical (unpaired) electrons. The predicted octanol–water partition coefficient (Wildman–Crippen LogP) is 3.16. The van der Waals surface area contributed by atoms with Crippen molar-refractivity contribution >= 4 is 0 Å². The molecule has 1 aromatic carbocycles. The van der Waals surface area contributed by atoms with Crippen LogP contribution >= 0.6 is 0 Å². The molecule has 0 aliphatic carbocycles. The van der Waals surface area contributed by atoms with Crippen molar-refractivity contribution in [2.75, 3.05) is 7.11 Å². The average molecular weight is 285 g/mol. The van der Waals surface area contributed by atoms with Crippen molar-refractivity contribution in [1.82, 2.24) is 4.98 Å². The molecule has 1 N–H and O–H groups in total. The number of aromatic nitrogens is 1. The van der Waals surface area contributed by atoms with Crippen LogP contribution in [0.4, 0.5) is 0 Å². The molecule has 1 heterocycles. The van der Waals surface area contributed by atoms with E-state index < -0.39 is 6.10 Å². The SMILES string of the molecule is COc1ccc(CC(O)Cc2c(C)cc(C)cc2C)cn1. The predicted molar refractivity (Wildman–Crippen MR) is 84.9 cm³/mol. The zero-order valence-corrected chi connectivity index (χ0v) is 13.2. The van der Waals surface area contributed by atoms with Crippen LogP contribution in [0.25, 0.3) is 0 Å². The van der Waals surface area contributed by atoms with Crippen LogP contribution in [-0.4, -0.2) is 23.3 Å². The molecule has 0 saturated heterocycles. The quantitative estimate of drug-likeness (QED) is 0.917. The van der Waals surface area contributed by atoms with Crippen LogP contribution in [0, 0.1) is 20.8 Å². The molecule has 0 aliphatic heterocycles. The smallest absolute Gasteiger partial charge is 0.212 e. The molecule has 112 valence electrons. The fraction of sp³-hybridized carbons (Fsp3) is 0.389. The van der Waals surface area contributed by atoms with Crippen LogP contribution in [0.3, 0.4) is 0 Å². The zero-order valence-electron chi connectivity index (χ0n) is 13.2. The Bertz CT molecular complexity index is 582. The lowest BCUT2D eigenvalue weighted by atomic mass is 9.93. The number of rotatable bonds is 5. The molecular weight excluding hydrogens is 262 g/mol. The van der Waals surface area contributed by atoms with Crippen molar-refractivity contribution in [3.63, 3.8) is 0 Å². The first-order chi connectivity index (χ1) is 9.99. The number of hydrogen-bond acceptors (Lipinski definition) is 3. The Morgan fingerprint density at radius 1 is 1.10 bits per heavy atom. The van der Waals surface area contributed by atoms with E-state index in [1.54, 1.807) is 13.3 Å². The number of ether oxygens (including phenoxy) is 1. The minimum Gasteiger partial charge on any atom is -0.481 e. The fourth-order valence-electron chi connectivity index (χ4n) is 2.76. The van der Waals surface area contributed by atoms with Crippen molar-refractivity contribution in [3.8, 4) is 5.88 Å². The molecule has 0 aliphatic rings. The molecule has 0 amide bonds. The van der Waals surface area contributed by atoms with Gasteiger partial charge in [-0.2, -0.15) is 0 Å². The van der Waals surface area contributed by atoms with E-state index in [1.807, 2.05) is 12.1 Å². The molecule has 21 heavy (non-hydrogen) atoms. The van der Waals surface area contributed by atoms with Crippen molar-refractivity contribution in [1.29, 1.82) is 0 Å². The summed E-state index contributed by atoms with van der Waals surface area (Å²) in [5.74, 6) is 0.596. The molecule has 2 rings (SSSR count). The zero-order chi connectivity index (χ0) is 15.4. The van der Waals surface area contributed by atoms with Gasteiger partial charge in [-0.25, -0.2) is 4.98 Å². The highest BCUT2D eigenvalue weighted by molar-refractivity contribution is 5.38. The highest BCUT2D eigenvalue weighted by Gasteiger charge is 2.11. The Kier molecular flexibility index (Phi) is 4.97. The third-order valence-electron chi connectivity index (χ3n) is 3.76. The Hall–Kier alpha value is -1.87. The summed E-state index contributed by atoms with van der Waals surface area (Å²) in [6, 6.07) is 8.11. The van der Waals surface area contributed by atoms with Crippen LogP contribution in [-0.2, 0) is 12.8 Å². The summed E-state index contributed by atoms with van der Waals surface area (Å²) in [6.07, 6.45) is 2.63. The van der Waals surface area contributed by atoms with Gasteiger partial charge >= 0.3 is 0 Å². The van der Waals surface area contributed by atoms with Gasteiger partial charge in [0.05, 0.1) is 13.2 Å². The lowest BCUT2D eigenvalue weighted by molar-refractivity contribution is 0.175. The van der Waals surface area contributed by atoms with Crippen LogP contribution in [0.5, 0.6) is 5.88 Å². The van der Waals surface area contributed by atoms with Crippen LogP contribution in [0.2, 0.25) is 0 Å². The van der Waals surface area contributed by atoms with E-state index in [0.717, 1.165) is 5.56 Å². The summed E-state index contributed by atoms with van der Waals surface area (Å²) in [5.41, 5.74) is 6.03. The molecule has 3 heteroatoms. The van der Waals surface area contributed by atoms with E-state index in [2.05, 4.69) is 37.9 Å². The van der Waals surface area contributed by atoms with Gasteiger partial charge in [-0.3, -0.25) is 0 Å². The van der Waals surface area contributed by atoms with Gasteiger partial charge in [0.1, 0.15) is 0 Å². The van der Waals surface area contributed by atoms with Crippen molar-refractivity contribution in [2.45, 2.75) is 39.7 Å². The molecule has 1 aromatic heterocycles.